The standard InChI is InChI=1S/C15H19NO2S2/c1-2-10-8-16(5-3-12(10)17)15(18)14-7-11-9-19-6-4-13(11)20-14/h7,10H,2-6,8-9H2,1H3. The van der Waals surface area contributed by atoms with Gasteiger partial charge in [0, 0.05) is 36.1 Å². The number of carbonyl (C=O) groups excluding carboxylic acids is 2. The molecule has 0 radical (unpaired) electrons. The fourth-order valence-electron chi connectivity index (χ4n) is 2.86. The lowest BCUT2D eigenvalue weighted by Gasteiger charge is -2.31. The summed E-state index contributed by atoms with van der Waals surface area (Å²) in [5, 5.41) is 0. The van der Waals surface area contributed by atoms with Gasteiger partial charge < -0.3 is 4.90 Å². The smallest absolute Gasteiger partial charge is 0.263 e. The molecule has 0 spiro atoms. The van der Waals surface area contributed by atoms with Crippen molar-refractivity contribution < 1.29 is 9.59 Å². The normalized spacial score (nSPS) is 22.8. The van der Waals surface area contributed by atoms with Crippen LogP contribution in [-0.4, -0.2) is 35.4 Å². The molecule has 0 aromatic carbocycles. The van der Waals surface area contributed by atoms with E-state index in [2.05, 4.69) is 6.07 Å². The van der Waals surface area contributed by atoms with Crippen molar-refractivity contribution in [3.05, 3.63) is 21.4 Å². The Labute approximate surface area is 127 Å². The van der Waals surface area contributed by atoms with E-state index in [-0.39, 0.29) is 11.8 Å². The summed E-state index contributed by atoms with van der Waals surface area (Å²) in [4.78, 5) is 28.5. The highest BCUT2D eigenvalue weighted by Crippen LogP contribution is 2.32. The number of piperidine rings is 1. The van der Waals surface area contributed by atoms with Crippen molar-refractivity contribution in [2.75, 3.05) is 18.8 Å². The van der Waals surface area contributed by atoms with Crippen molar-refractivity contribution in [2.24, 2.45) is 5.92 Å². The highest BCUT2D eigenvalue weighted by atomic mass is 32.2. The monoisotopic (exact) mass is 309 g/mol. The maximum Gasteiger partial charge on any atom is 0.263 e. The SMILES string of the molecule is CCC1CN(C(=O)c2cc3c(s2)CCSC3)CCC1=O. The Morgan fingerprint density at radius 3 is 3.05 bits per heavy atom. The van der Waals surface area contributed by atoms with Crippen LogP contribution in [0.25, 0.3) is 0 Å². The lowest BCUT2D eigenvalue weighted by molar-refractivity contribution is -0.125. The van der Waals surface area contributed by atoms with Crippen molar-refractivity contribution in [3.63, 3.8) is 0 Å². The minimum absolute atomic E-state index is 0.0397. The Balaban J connectivity index is 1.75. The molecule has 3 rings (SSSR count). The van der Waals surface area contributed by atoms with Gasteiger partial charge in [-0.05, 0) is 30.2 Å². The number of nitrogens with zero attached hydrogens (tertiary/aromatic N) is 1. The molecule has 3 heterocycles. The largest absolute Gasteiger partial charge is 0.337 e. The van der Waals surface area contributed by atoms with Gasteiger partial charge in [-0.15, -0.1) is 11.3 Å². The molecule has 2 aliphatic heterocycles. The molecule has 5 heteroatoms. The predicted octanol–water partition coefficient (Wildman–Crippen LogP) is 2.98. The number of fused-ring (bicyclic) bond motifs is 1. The van der Waals surface area contributed by atoms with Crippen LogP contribution in [0.3, 0.4) is 0 Å². The zero-order valence-corrected chi connectivity index (χ0v) is 13.3. The van der Waals surface area contributed by atoms with Crippen LogP contribution < -0.4 is 0 Å². The number of likely N-dealkylation sites (tertiary alicyclic amines) is 1. The van der Waals surface area contributed by atoms with Gasteiger partial charge in [0.1, 0.15) is 5.78 Å². The van der Waals surface area contributed by atoms with Gasteiger partial charge in [-0.3, -0.25) is 9.59 Å². The fraction of sp³-hybridized carbons (Fsp3) is 0.600. The lowest BCUT2D eigenvalue weighted by atomic mass is 9.94. The molecular weight excluding hydrogens is 290 g/mol. The Morgan fingerprint density at radius 1 is 1.45 bits per heavy atom. The molecular formula is C15H19NO2S2. The molecule has 1 saturated heterocycles. The lowest BCUT2D eigenvalue weighted by Crippen LogP contribution is -2.43. The Kier molecular flexibility index (Phi) is 4.17. The van der Waals surface area contributed by atoms with Crippen molar-refractivity contribution in [1.29, 1.82) is 0 Å². The van der Waals surface area contributed by atoms with Gasteiger partial charge in [0.15, 0.2) is 0 Å². The number of carbonyl (C=O) groups is 2. The van der Waals surface area contributed by atoms with Crippen LogP contribution in [0.1, 0.15) is 39.9 Å². The molecule has 20 heavy (non-hydrogen) atoms. The van der Waals surface area contributed by atoms with Gasteiger partial charge >= 0.3 is 0 Å². The van der Waals surface area contributed by atoms with Crippen molar-refractivity contribution in [3.8, 4) is 0 Å². The molecule has 3 nitrogen and oxygen atoms in total. The van der Waals surface area contributed by atoms with E-state index < -0.39 is 0 Å². The molecule has 1 atom stereocenters. The van der Waals surface area contributed by atoms with Crippen LogP contribution in [0, 0.1) is 5.92 Å². The molecule has 2 aliphatic rings. The van der Waals surface area contributed by atoms with Gasteiger partial charge in [-0.25, -0.2) is 0 Å². The third kappa shape index (κ3) is 2.66. The molecule has 0 aliphatic carbocycles. The van der Waals surface area contributed by atoms with Crippen LogP contribution in [0.2, 0.25) is 0 Å². The Bertz CT molecular complexity index is 514. The van der Waals surface area contributed by atoms with Crippen molar-refractivity contribution >= 4 is 34.8 Å². The number of hydrogen-bond acceptors (Lipinski definition) is 4. The van der Waals surface area contributed by atoms with Gasteiger partial charge in [0.05, 0.1) is 4.88 Å². The summed E-state index contributed by atoms with van der Waals surface area (Å²) in [6.45, 7) is 3.22. The summed E-state index contributed by atoms with van der Waals surface area (Å²) in [7, 11) is 0. The summed E-state index contributed by atoms with van der Waals surface area (Å²) >= 11 is 3.60. The van der Waals surface area contributed by atoms with Crippen molar-refractivity contribution in [2.45, 2.75) is 31.9 Å². The number of thioether (sulfide) groups is 1. The molecule has 1 aromatic rings. The minimum atomic E-state index is 0.0397. The first kappa shape index (κ1) is 14.1. The van der Waals surface area contributed by atoms with Gasteiger partial charge in [0.2, 0.25) is 0 Å². The van der Waals surface area contributed by atoms with Gasteiger partial charge in [0.25, 0.3) is 5.91 Å². The average molecular weight is 309 g/mol. The second-order valence-corrected chi connectivity index (χ2v) is 7.68. The molecule has 1 aromatic heterocycles. The van der Waals surface area contributed by atoms with E-state index in [1.54, 1.807) is 11.3 Å². The van der Waals surface area contributed by atoms with Gasteiger partial charge in [-0.1, -0.05) is 6.92 Å². The zero-order valence-electron chi connectivity index (χ0n) is 11.7. The number of hydrogen-bond donors (Lipinski definition) is 0. The predicted molar refractivity (Wildman–Crippen MR) is 83.5 cm³/mol. The summed E-state index contributed by atoms with van der Waals surface area (Å²) in [6, 6.07) is 2.08. The van der Waals surface area contributed by atoms with E-state index in [1.165, 1.54) is 10.4 Å². The molecule has 0 saturated carbocycles. The number of aryl methyl sites for hydroxylation is 1. The Morgan fingerprint density at radius 2 is 2.30 bits per heavy atom. The first-order valence-electron chi connectivity index (χ1n) is 7.20. The molecule has 0 N–H and O–H groups in total. The minimum Gasteiger partial charge on any atom is -0.337 e. The summed E-state index contributed by atoms with van der Waals surface area (Å²) in [5.74, 6) is 2.68. The first-order chi connectivity index (χ1) is 9.69. The van der Waals surface area contributed by atoms with Crippen LogP contribution >= 0.6 is 23.1 Å². The second-order valence-electron chi connectivity index (χ2n) is 5.43. The second kappa shape index (κ2) is 5.90. The fourth-order valence-corrected chi connectivity index (χ4v) is 5.20. The van der Waals surface area contributed by atoms with E-state index in [4.69, 9.17) is 0 Å². The number of ketones is 1. The van der Waals surface area contributed by atoms with Crippen LogP contribution in [0.4, 0.5) is 0 Å². The van der Waals surface area contributed by atoms with Gasteiger partial charge in [-0.2, -0.15) is 11.8 Å². The third-order valence-electron chi connectivity index (χ3n) is 4.14. The number of amides is 1. The number of rotatable bonds is 2. The average Bonchev–Trinajstić information content (AvgIpc) is 2.91. The van der Waals surface area contributed by atoms with Crippen LogP contribution in [-0.2, 0) is 17.0 Å². The molecule has 1 unspecified atom stereocenters. The van der Waals surface area contributed by atoms with Crippen molar-refractivity contribution in [1.82, 2.24) is 4.90 Å². The molecule has 0 bridgehead atoms. The van der Waals surface area contributed by atoms with E-state index >= 15 is 0 Å². The maximum absolute atomic E-state index is 12.6. The van der Waals surface area contributed by atoms with E-state index in [0.717, 1.165) is 29.2 Å². The third-order valence-corrected chi connectivity index (χ3v) is 6.38. The highest BCUT2D eigenvalue weighted by molar-refractivity contribution is 7.98. The molecule has 1 amide bonds. The highest BCUT2D eigenvalue weighted by Gasteiger charge is 2.30. The topological polar surface area (TPSA) is 37.4 Å². The van der Waals surface area contributed by atoms with Crippen LogP contribution in [0.15, 0.2) is 6.07 Å². The van der Waals surface area contributed by atoms with E-state index in [0.29, 0.717) is 25.3 Å². The summed E-state index contributed by atoms with van der Waals surface area (Å²) in [6.07, 6.45) is 2.44. The Hall–Kier alpha value is -0.810. The summed E-state index contributed by atoms with van der Waals surface area (Å²) < 4.78 is 0. The molecule has 1 fully saturated rings. The maximum atomic E-state index is 12.6. The molecule has 108 valence electrons. The summed E-state index contributed by atoms with van der Waals surface area (Å²) in [5.41, 5.74) is 1.34. The van der Waals surface area contributed by atoms with E-state index in [1.807, 2.05) is 23.6 Å². The quantitative estimate of drug-likeness (QED) is 0.843. The van der Waals surface area contributed by atoms with Crippen LogP contribution in [0.5, 0.6) is 0 Å². The zero-order chi connectivity index (χ0) is 14.1. The van der Waals surface area contributed by atoms with E-state index in [9.17, 15) is 9.59 Å². The number of Topliss-reactive ketones (excluding diaryl/α,β-unsaturated/α-hetero) is 1. The number of thiophene rings is 1. The first-order valence-corrected chi connectivity index (χ1v) is 9.17.